The van der Waals surface area contributed by atoms with E-state index in [-0.39, 0.29) is 17.9 Å². The van der Waals surface area contributed by atoms with Crippen LogP contribution in [0.5, 0.6) is 28.7 Å². The Hall–Kier alpha value is -3.19. The zero-order valence-electron chi connectivity index (χ0n) is 11.9. The van der Waals surface area contributed by atoms with Crippen molar-refractivity contribution >= 4 is 11.9 Å². The molecule has 0 bridgehead atoms. The van der Waals surface area contributed by atoms with Gasteiger partial charge in [0.1, 0.15) is 17.1 Å². The van der Waals surface area contributed by atoms with E-state index in [2.05, 4.69) is 0 Å². The van der Waals surface area contributed by atoms with Crippen molar-refractivity contribution in [2.24, 2.45) is 5.73 Å². The van der Waals surface area contributed by atoms with Gasteiger partial charge in [0.2, 0.25) is 5.75 Å². The van der Waals surface area contributed by atoms with Gasteiger partial charge in [-0.3, -0.25) is 4.79 Å². The first kappa shape index (κ1) is 16.2. The number of allylic oxidation sites excluding steroid dienone is 1. The van der Waals surface area contributed by atoms with E-state index in [1.54, 1.807) is 12.1 Å². The van der Waals surface area contributed by atoms with E-state index in [0.29, 0.717) is 5.56 Å². The van der Waals surface area contributed by atoms with Crippen LogP contribution in [0.3, 0.4) is 0 Å². The molecule has 0 aromatic heterocycles. The fraction of sp³-hybridized carbons (Fsp3) is 0.0625. The van der Waals surface area contributed by atoms with Gasteiger partial charge in [-0.05, 0) is 23.8 Å². The van der Waals surface area contributed by atoms with E-state index in [0.717, 1.165) is 6.08 Å². The molecule has 7 N–H and O–H groups in total. The molecule has 7 nitrogen and oxygen atoms in total. The first-order valence-corrected chi connectivity index (χ1v) is 6.57. The number of aromatic hydroxyl groups is 5. The minimum Gasteiger partial charge on any atom is -0.508 e. The molecular formula is C16H15NO6. The minimum atomic E-state index is -0.933. The lowest BCUT2D eigenvalue weighted by molar-refractivity contribution is 0.104. The maximum absolute atomic E-state index is 12.2. The predicted octanol–water partition coefficient (Wildman–Crippen LogP) is 1.57. The highest BCUT2D eigenvalue weighted by Crippen LogP contribution is 2.46. The molecule has 0 fully saturated rings. The van der Waals surface area contributed by atoms with E-state index >= 15 is 0 Å². The third kappa shape index (κ3) is 3.04. The Morgan fingerprint density at radius 2 is 1.52 bits per heavy atom. The zero-order chi connectivity index (χ0) is 17.1. The van der Waals surface area contributed by atoms with E-state index in [4.69, 9.17) is 5.73 Å². The largest absolute Gasteiger partial charge is 0.508 e. The number of benzene rings is 2. The molecule has 0 radical (unpaired) electrons. The maximum atomic E-state index is 12.2. The van der Waals surface area contributed by atoms with Gasteiger partial charge in [-0.1, -0.05) is 18.2 Å². The maximum Gasteiger partial charge on any atom is 0.201 e. The van der Waals surface area contributed by atoms with E-state index in [1.807, 2.05) is 0 Å². The Morgan fingerprint density at radius 3 is 2.09 bits per heavy atom. The molecular weight excluding hydrogens is 302 g/mol. The highest BCUT2D eigenvalue weighted by atomic mass is 16.3. The highest BCUT2D eigenvalue weighted by molar-refractivity contribution is 6.11. The number of carbonyl (C=O) groups is 1. The molecule has 0 spiro atoms. The number of rotatable bonds is 4. The first-order chi connectivity index (χ1) is 10.9. The second kappa shape index (κ2) is 6.29. The first-order valence-electron chi connectivity index (χ1n) is 6.57. The molecule has 2 rings (SSSR count). The molecule has 2 aromatic carbocycles. The zero-order valence-corrected chi connectivity index (χ0v) is 11.9. The monoisotopic (exact) mass is 317 g/mol. The minimum absolute atomic E-state index is 0.0693. The summed E-state index contributed by atoms with van der Waals surface area (Å²) >= 11 is 0. The van der Waals surface area contributed by atoms with E-state index in [9.17, 15) is 30.3 Å². The number of phenolic OH excluding ortho intramolecular Hbond substituents is 5. The molecule has 0 saturated carbocycles. The summed E-state index contributed by atoms with van der Waals surface area (Å²) in [6.45, 7) is -0.340. The number of ketones is 1. The second-order valence-corrected chi connectivity index (χ2v) is 4.74. The second-order valence-electron chi connectivity index (χ2n) is 4.74. The third-order valence-corrected chi connectivity index (χ3v) is 3.26. The van der Waals surface area contributed by atoms with Crippen molar-refractivity contribution in [3.8, 4) is 28.7 Å². The van der Waals surface area contributed by atoms with Crippen LogP contribution >= 0.6 is 0 Å². The Kier molecular flexibility index (Phi) is 4.42. The van der Waals surface area contributed by atoms with Crippen molar-refractivity contribution in [1.82, 2.24) is 0 Å². The third-order valence-electron chi connectivity index (χ3n) is 3.26. The van der Waals surface area contributed by atoms with Crippen LogP contribution in [0, 0.1) is 0 Å². The quantitative estimate of drug-likeness (QED) is 0.217. The molecule has 0 amide bonds. The van der Waals surface area contributed by atoms with Crippen LogP contribution in [0.25, 0.3) is 6.08 Å². The fourth-order valence-electron chi connectivity index (χ4n) is 2.02. The lowest BCUT2D eigenvalue weighted by Gasteiger charge is -2.12. The van der Waals surface area contributed by atoms with Gasteiger partial charge >= 0.3 is 0 Å². The molecule has 0 aliphatic rings. The number of hydrogen-bond acceptors (Lipinski definition) is 7. The van der Waals surface area contributed by atoms with E-state index in [1.165, 1.54) is 18.2 Å². The summed E-state index contributed by atoms with van der Waals surface area (Å²) in [4.78, 5) is 12.2. The number of hydrogen-bond donors (Lipinski definition) is 6. The number of phenols is 5. The predicted molar refractivity (Wildman–Crippen MR) is 82.5 cm³/mol. The van der Waals surface area contributed by atoms with Crippen LogP contribution in [0.15, 0.2) is 30.3 Å². The fourth-order valence-corrected chi connectivity index (χ4v) is 2.02. The Bertz CT molecular complexity index is 780. The van der Waals surface area contributed by atoms with Gasteiger partial charge < -0.3 is 31.3 Å². The van der Waals surface area contributed by atoms with Crippen molar-refractivity contribution in [3.05, 3.63) is 47.0 Å². The number of nitrogens with two attached hydrogens (primary N) is 1. The molecule has 2 aromatic rings. The molecule has 7 heteroatoms. The molecule has 0 atom stereocenters. The van der Waals surface area contributed by atoms with Crippen molar-refractivity contribution < 1.29 is 30.3 Å². The van der Waals surface area contributed by atoms with Crippen molar-refractivity contribution in [2.75, 3.05) is 0 Å². The van der Waals surface area contributed by atoms with Crippen LogP contribution in [0.2, 0.25) is 0 Å². The van der Waals surface area contributed by atoms with Crippen LogP contribution in [-0.2, 0) is 6.54 Å². The summed E-state index contributed by atoms with van der Waals surface area (Å²) in [5, 5.41) is 48.2. The summed E-state index contributed by atoms with van der Waals surface area (Å²) < 4.78 is 0. The summed E-state index contributed by atoms with van der Waals surface area (Å²) in [6, 6.07) is 5.97. The SMILES string of the molecule is NCc1c(O)c(O)c(O)c(C(=O)/C=C/c2ccc(O)cc2)c1O. The van der Waals surface area contributed by atoms with Gasteiger partial charge in [-0.25, -0.2) is 0 Å². The lowest BCUT2D eigenvalue weighted by Crippen LogP contribution is -2.03. The van der Waals surface area contributed by atoms with Gasteiger partial charge in [0.15, 0.2) is 17.3 Å². The average Bonchev–Trinajstić information content (AvgIpc) is 2.53. The topological polar surface area (TPSA) is 144 Å². The molecule has 0 heterocycles. The van der Waals surface area contributed by atoms with Gasteiger partial charge in [-0.2, -0.15) is 0 Å². The van der Waals surface area contributed by atoms with Crippen molar-refractivity contribution in [1.29, 1.82) is 0 Å². The van der Waals surface area contributed by atoms with Crippen LogP contribution in [0.4, 0.5) is 0 Å². The Labute approximate surface area is 131 Å². The van der Waals surface area contributed by atoms with Gasteiger partial charge in [0.05, 0.1) is 5.56 Å². The Balaban J connectivity index is 2.43. The summed E-state index contributed by atoms with van der Waals surface area (Å²) in [6.07, 6.45) is 2.46. The summed E-state index contributed by atoms with van der Waals surface area (Å²) in [5.41, 5.74) is 5.14. The molecule has 120 valence electrons. The van der Waals surface area contributed by atoms with Crippen molar-refractivity contribution in [2.45, 2.75) is 6.54 Å². The molecule has 0 aliphatic carbocycles. The van der Waals surface area contributed by atoms with Gasteiger partial charge in [-0.15, -0.1) is 0 Å². The molecule has 0 saturated heterocycles. The highest BCUT2D eigenvalue weighted by Gasteiger charge is 2.25. The lowest BCUT2D eigenvalue weighted by atomic mass is 10.0. The average molecular weight is 317 g/mol. The van der Waals surface area contributed by atoms with E-state index < -0.39 is 34.3 Å². The summed E-state index contributed by atoms with van der Waals surface area (Å²) in [7, 11) is 0. The molecule has 0 aliphatic heterocycles. The van der Waals surface area contributed by atoms with Crippen molar-refractivity contribution in [3.63, 3.8) is 0 Å². The normalized spacial score (nSPS) is 11.0. The summed E-state index contributed by atoms with van der Waals surface area (Å²) in [5.74, 6) is -4.05. The van der Waals surface area contributed by atoms with Crippen LogP contribution in [0.1, 0.15) is 21.5 Å². The van der Waals surface area contributed by atoms with Crippen LogP contribution in [-0.4, -0.2) is 31.3 Å². The smallest absolute Gasteiger partial charge is 0.201 e. The standard InChI is InChI=1S/C16H15NO6/c17-7-10-13(20)12(15(22)16(23)14(10)21)11(19)6-3-8-1-4-9(18)5-2-8/h1-6,18,20-23H,7,17H2/b6-3+. The molecule has 0 unspecified atom stereocenters. The molecule has 23 heavy (non-hydrogen) atoms. The van der Waals surface area contributed by atoms with Gasteiger partial charge in [0, 0.05) is 6.54 Å². The van der Waals surface area contributed by atoms with Crippen LogP contribution < -0.4 is 5.73 Å². The van der Waals surface area contributed by atoms with Gasteiger partial charge in [0.25, 0.3) is 0 Å². The number of carbonyl (C=O) groups excluding carboxylic acids is 1. The Morgan fingerprint density at radius 1 is 0.913 bits per heavy atom.